The highest BCUT2D eigenvalue weighted by Crippen LogP contribution is 2.24. The first-order valence-electron chi connectivity index (χ1n) is 9.28. The lowest BCUT2D eigenvalue weighted by Crippen LogP contribution is -1.98. The zero-order valence-corrected chi connectivity index (χ0v) is 15.5. The van der Waals surface area contributed by atoms with E-state index in [4.69, 9.17) is 4.74 Å². The summed E-state index contributed by atoms with van der Waals surface area (Å²) >= 11 is 0. The Morgan fingerprint density at radius 2 is 1.43 bits per heavy atom. The van der Waals surface area contributed by atoms with Gasteiger partial charge in [-0.15, -0.1) is 0 Å². The summed E-state index contributed by atoms with van der Waals surface area (Å²) in [6, 6.07) is 28.2. The largest absolute Gasteiger partial charge is 0.489 e. The van der Waals surface area contributed by atoms with Gasteiger partial charge in [-0.2, -0.15) is 0 Å². The summed E-state index contributed by atoms with van der Waals surface area (Å²) in [4.78, 5) is 11.5. The van der Waals surface area contributed by atoms with Gasteiger partial charge in [0.2, 0.25) is 0 Å². The van der Waals surface area contributed by atoms with Crippen molar-refractivity contribution >= 4 is 6.29 Å². The van der Waals surface area contributed by atoms with E-state index in [-0.39, 0.29) is 0 Å². The fraction of sp³-hybridized carbons (Fsp3) is 0.0800. The second-order valence-electron chi connectivity index (χ2n) is 6.70. The summed E-state index contributed by atoms with van der Waals surface area (Å²) in [5.41, 5.74) is 5.01. The molecule has 0 fully saturated rings. The maximum Gasteiger partial charge on any atom is 0.152 e. The molecule has 0 saturated heterocycles. The SMILES string of the molecule is O=Cc1cn(Cc2ccc(OCc3ccccc3)cc2)cc1-c1ccccc1. The van der Waals surface area contributed by atoms with E-state index >= 15 is 0 Å². The van der Waals surface area contributed by atoms with Gasteiger partial charge in [0.15, 0.2) is 6.29 Å². The Labute approximate surface area is 164 Å². The van der Waals surface area contributed by atoms with Crippen molar-refractivity contribution in [3.63, 3.8) is 0 Å². The lowest BCUT2D eigenvalue weighted by atomic mass is 10.1. The third-order valence-electron chi connectivity index (χ3n) is 4.66. The number of hydrogen-bond acceptors (Lipinski definition) is 2. The fourth-order valence-corrected chi connectivity index (χ4v) is 3.21. The molecule has 0 radical (unpaired) electrons. The van der Waals surface area contributed by atoms with E-state index in [9.17, 15) is 4.79 Å². The number of aldehydes is 1. The molecule has 3 heteroatoms. The molecule has 0 aliphatic carbocycles. The average molecular weight is 367 g/mol. The van der Waals surface area contributed by atoms with Crippen LogP contribution in [-0.4, -0.2) is 10.9 Å². The van der Waals surface area contributed by atoms with E-state index in [1.54, 1.807) is 0 Å². The Kier molecular flexibility index (Phi) is 5.34. The maximum absolute atomic E-state index is 11.5. The lowest BCUT2D eigenvalue weighted by molar-refractivity contribution is 0.112. The number of benzene rings is 3. The maximum atomic E-state index is 11.5. The number of hydrogen-bond donors (Lipinski definition) is 0. The van der Waals surface area contributed by atoms with Gasteiger partial charge >= 0.3 is 0 Å². The van der Waals surface area contributed by atoms with Crippen molar-refractivity contribution in [2.45, 2.75) is 13.2 Å². The Morgan fingerprint density at radius 3 is 2.11 bits per heavy atom. The summed E-state index contributed by atoms with van der Waals surface area (Å²) in [5, 5.41) is 0. The highest BCUT2D eigenvalue weighted by molar-refractivity contribution is 5.87. The van der Waals surface area contributed by atoms with Crippen molar-refractivity contribution in [2.24, 2.45) is 0 Å². The van der Waals surface area contributed by atoms with E-state index in [0.717, 1.165) is 34.3 Å². The van der Waals surface area contributed by atoms with Crippen molar-refractivity contribution < 1.29 is 9.53 Å². The molecular formula is C25H21NO2. The topological polar surface area (TPSA) is 31.2 Å². The van der Waals surface area contributed by atoms with Crippen LogP contribution in [0.1, 0.15) is 21.5 Å². The van der Waals surface area contributed by atoms with E-state index < -0.39 is 0 Å². The first-order chi connectivity index (χ1) is 13.8. The normalized spacial score (nSPS) is 10.6. The molecule has 4 rings (SSSR count). The van der Waals surface area contributed by atoms with Crippen LogP contribution in [0.15, 0.2) is 97.3 Å². The third-order valence-corrected chi connectivity index (χ3v) is 4.66. The Balaban J connectivity index is 1.44. The number of nitrogens with zero attached hydrogens (tertiary/aromatic N) is 1. The van der Waals surface area contributed by atoms with E-state index in [1.165, 1.54) is 0 Å². The number of rotatable bonds is 7. The number of carbonyl (C=O) groups is 1. The van der Waals surface area contributed by atoms with Crippen LogP contribution in [0.25, 0.3) is 11.1 Å². The van der Waals surface area contributed by atoms with Crippen molar-refractivity contribution in [1.29, 1.82) is 0 Å². The number of ether oxygens (including phenoxy) is 1. The van der Waals surface area contributed by atoms with Crippen LogP contribution >= 0.6 is 0 Å². The number of carbonyl (C=O) groups excluding carboxylic acids is 1. The van der Waals surface area contributed by atoms with Crippen molar-refractivity contribution in [3.8, 4) is 16.9 Å². The summed E-state index contributed by atoms with van der Waals surface area (Å²) < 4.78 is 7.89. The molecule has 0 spiro atoms. The van der Waals surface area contributed by atoms with Gasteiger partial charge < -0.3 is 9.30 Å². The van der Waals surface area contributed by atoms with Gasteiger partial charge in [0.25, 0.3) is 0 Å². The van der Waals surface area contributed by atoms with Crippen LogP contribution < -0.4 is 4.74 Å². The minimum absolute atomic E-state index is 0.556. The monoisotopic (exact) mass is 367 g/mol. The predicted octanol–water partition coefficient (Wildman–Crippen LogP) is 5.59. The van der Waals surface area contributed by atoms with Crippen LogP contribution in [0, 0.1) is 0 Å². The standard InChI is InChI=1S/C25H21NO2/c27-18-23-16-26(17-25(23)22-9-5-2-6-10-22)15-20-11-13-24(14-12-20)28-19-21-7-3-1-4-8-21/h1-14,16-18H,15,19H2. The van der Waals surface area contributed by atoms with Gasteiger partial charge in [-0.25, -0.2) is 0 Å². The smallest absolute Gasteiger partial charge is 0.152 e. The molecule has 0 atom stereocenters. The molecule has 0 unspecified atom stereocenters. The van der Waals surface area contributed by atoms with E-state index in [0.29, 0.717) is 18.7 Å². The van der Waals surface area contributed by atoms with Crippen LogP contribution in [-0.2, 0) is 13.2 Å². The zero-order chi connectivity index (χ0) is 19.2. The van der Waals surface area contributed by atoms with Gasteiger partial charge in [0.05, 0.1) is 0 Å². The van der Waals surface area contributed by atoms with Gasteiger partial charge in [-0.05, 0) is 28.8 Å². The molecule has 0 aliphatic rings. The molecular weight excluding hydrogens is 346 g/mol. The van der Waals surface area contributed by atoms with Crippen LogP contribution in [0.5, 0.6) is 5.75 Å². The number of aromatic nitrogens is 1. The molecule has 1 aromatic heterocycles. The summed E-state index contributed by atoms with van der Waals surface area (Å²) in [6.45, 7) is 1.26. The predicted molar refractivity (Wildman–Crippen MR) is 112 cm³/mol. The minimum Gasteiger partial charge on any atom is -0.489 e. The van der Waals surface area contributed by atoms with Crippen LogP contribution in [0.4, 0.5) is 0 Å². The Morgan fingerprint density at radius 1 is 0.750 bits per heavy atom. The van der Waals surface area contributed by atoms with Crippen LogP contribution in [0.3, 0.4) is 0 Å². The molecule has 0 amide bonds. The Bertz CT molecular complexity index is 1040. The second kappa shape index (κ2) is 8.40. The molecule has 0 saturated carbocycles. The van der Waals surface area contributed by atoms with E-state index in [1.807, 2.05) is 77.6 Å². The summed E-state index contributed by atoms with van der Waals surface area (Å²) in [6.07, 6.45) is 4.84. The highest BCUT2D eigenvalue weighted by Gasteiger charge is 2.08. The fourth-order valence-electron chi connectivity index (χ4n) is 3.21. The van der Waals surface area contributed by atoms with Gasteiger partial charge in [-0.3, -0.25) is 4.79 Å². The molecule has 138 valence electrons. The molecule has 1 heterocycles. The summed E-state index contributed by atoms with van der Waals surface area (Å²) in [5.74, 6) is 0.846. The first-order valence-corrected chi connectivity index (χ1v) is 9.28. The van der Waals surface area contributed by atoms with Crippen molar-refractivity contribution in [1.82, 2.24) is 4.57 Å². The second-order valence-corrected chi connectivity index (χ2v) is 6.70. The van der Waals surface area contributed by atoms with Gasteiger partial charge in [-0.1, -0.05) is 72.8 Å². The average Bonchev–Trinajstić information content (AvgIpc) is 3.17. The molecule has 0 bridgehead atoms. The molecule has 0 aliphatic heterocycles. The van der Waals surface area contributed by atoms with Crippen molar-refractivity contribution in [2.75, 3.05) is 0 Å². The molecule has 4 aromatic rings. The van der Waals surface area contributed by atoms with E-state index in [2.05, 4.69) is 24.3 Å². The zero-order valence-electron chi connectivity index (χ0n) is 15.5. The first kappa shape index (κ1) is 17.8. The van der Waals surface area contributed by atoms with Crippen LogP contribution in [0.2, 0.25) is 0 Å². The third kappa shape index (κ3) is 4.21. The highest BCUT2D eigenvalue weighted by atomic mass is 16.5. The van der Waals surface area contributed by atoms with Gasteiger partial charge in [0.1, 0.15) is 12.4 Å². The molecule has 28 heavy (non-hydrogen) atoms. The lowest BCUT2D eigenvalue weighted by Gasteiger charge is -2.08. The molecule has 3 nitrogen and oxygen atoms in total. The Hall–Kier alpha value is -3.59. The molecule has 3 aromatic carbocycles. The molecule has 0 N–H and O–H groups in total. The minimum atomic E-state index is 0.556. The van der Waals surface area contributed by atoms with Crippen molar-refractivity contribution in [3.05, 3.63) is 114 Å². The van der Waals surface area contributed by atoms with Gasteiger partial charge in [0, 0.05) is 30.1 Å². The summed E-state index contributed by atoms with van der Waals surface area (Å²) in [7, 11) is 0. The quantitative estimate of drug-likeness (QED) is 0.398.